The number of ether oxygens (including phenoxy) is 1. The number of nitrogens with one attached hydrogen (secondary N) is 2. The van der Waals surface area contributed by atoms with E-state index in [9.17, 15) is 4.79 Å². The fourth-order valence-electron chi connectivity index (χ4n) is 2.95. The zero-order valence-corrected chi connectivity index (χ0v) is 13.7. The first-order valence-corrected chi connectivity index (χ1v) is 8.26. The van der Waals surface area contributed by atoms with Crippen LogP contribution in [0.1, 0.15) is 17.0 Å². The Morgan fingerprint density at radius 1 is 1.28 bits per heavy atom. The van der Waals surface area contributed by atoms with Gasteiger partial charge in [0.05, 0.1) is 36.3 Å². The van der Waals surface area contributed by atoms with E-state index in [2.05, 4.69) is 20.2 Å². The Balaban J connectivity index is 1.34. The van der Waals surface area contributed by atoms with Crippen LogP contribution in [0, 0.1) is 0 Å². The largest absolute Gasteiger partial charge is 0.367 e. The number of nitrogens with zero attached hydrogens (tertiary/aromatic N) is 3. The minimum absolute atomic E-state index is 0.000965. The monoisotopic (exact) mass is 337 g/mol. The summed E-state index contributed by atoms with van der Waals surface area (Å²) in [4.78, 5) is 22.1. The van der Waals surface area contributed by atoms with Crippen LogP contribution in [0.4, 0.5) is 0 Å². The van der Waals surface area contributed by atoms with Gasteiger partial charge in [-0.2, -0.15) is 5.10 Å². The van der Waals surface area contributed by atoms with E-state index in [4.69, 9.17) is 4.74 Å². The Morgan fingerprint density at radius 3 is 2.96 bits per heavy atom. The van der Waals surface area contributed by atoms with Crippen LogP contribution in [0.3, 0.4) is 0 Å². The van der Waals surface area contributed by atoms with E-state index in [0.29, 0.717) is 19.7 Å². The maximum Gasteiger partial charge on any atom is 0.248 e. The minimum atomic E-state index is 0.000965. The Morgan fingerprint density at radius 2 is 2.16 bits per heavy atom. The van der Waals surface area contributed by atoms with Crippen molar-refractivity contribution in [2.75, 3.05) is 13.2 Å². The summed E-state index contributed by atoms with van der Waals surface area (Å²) in [6, 6.07) is 9.85. The Labute approximate surface area is 145 Å². The van der Waals surface area contributed by atoms with Gasteiger partial charge in [-0.1, -0.05) is 30.3 Å². The maximum atomic E-state index is 12.4. The molecule has 0 atom stereocenters. The number of aromatic amines is 2. The number of carbonyl (C=O) groups is 1. The highest BCUT2D eigenvalue weighted by Crippen LogP contribution is 2.22. The number of imidazole rings is 1. The van der Waals surface area contributed by atoms with Gasteiger partial charge in [0.1, 0.15) is 12.4 Å². The molecule has 0 saturated heterocycles. The van der Waals surface area contributed by atoms with E-state index in [1.165, 1.54) is 0 Å². The normalized spacial score (nSPS) is 13.7. The highest BCUT2D eigenvalue weighted by molar-refractivity contribution is 5.77. The van der Waals surface area contributed by atoms with Crippen LogP contribution in [-0.2, 0) is 29.1 Å². The van der Waals surface area contributed by atoms with Gasteiger partial charge in [0, 0.05) is 19.2 Å². The van der Waals surface area contributed by atoms with Gasteiger partial charge < -0.3 is 14.6 Å². The van der Waals surface area contributed by atoms with Crippen LogP contribution in [0.5, 0.6) is 0 Å². The van der Waals surface area contributed by atoms with Crippen molar-refractivity contribution in [2.45, 2.75) is 19.6 Å². The number of aromatic nitrogens is 4. The van der Waals surface area contributed by atoms with Crippen molar-refractivity contribution in [3.8, 4) is 11.4 Å². The molecular formula is C18H19N5O2. The number of carbonyl (C=O) groups excluding carboxylic acids is 1. The maximum absolute atomic E-state index is 12.4. The van der Waals surface area contributed by atoms with Gasteiger partial charge >= 0.3 is 0 Å². The van der Waals surface area contributed by atoms with Crippen molar-refractivity contribution in [1.29, 1.82) is 0 Å². The smallest absolute Gasteiger partial charge is 0.248 e. The van der Waals surface area contributed by atoms with Crippen LogP contribution >= 0.6 is 0 Å². The first kappa shape index (κ1) is 15.6. The van der Waals surface area contributed by atoms with Gasteiger partial charge in [0.15, 0.2) is 0 Å². The lowest BCUT2D eigenvalue weighted by molar-refractivity contribution is -0.137. The number of hydrogen-bond donors (Lipinski definition) is 2. The highest BCUT2D eigenvalue weighted by atomic mass is 16.5. The predicted molar refractivity (Wildman–Crippen MR) is 91.4 cm³/mol. The second kappa shape index (κ2) is 6.90. The third-order valence-electron chi connectivity index (χ3n) is 4.29. The molecule has 2 aromatic heterocycles. The summed E-state index contributed by atoms with van der Waals surface area (Å²) in [7, 11) is 0. The van der Waals surface area contributed by atoms with Crippen LogP contribution < -0.4 is 0 Å². The molecule has 1 aliphatic heterocycles. The van der Waals surface area contributed by atoms with Crippen molar-refractivity contribution in [1.82, 2.24) is 25.1 Å². The highest BCUT2D eigenvalue weighted by Gasteiger charge is 2.24. The molecule has 4 rings (SSSR count). The van der Waals surface area contributed by atoms with E-state index in [0.717, 1.165) is 34.8 Å². The van der Waals surface area contributed by atoms with Gasteiger partial charge in [0.25, 0.3) is 0 Å². The quantitative estimate of drug-likeness (QED) is 0.744. The summed E-state index contributed by atoms with van der Waals surface area (Å²) >= 11 is 0. The van der Waals surface area contributed by atoms with Crippen molar-refractivity contribution >= 4 is 5.91 Å². The lowest BCUT2D eigenvalue weighted by Gasteiger charge is -2.26. The van der Waals surface area contributed by atoms with Crippen molar-refractivity contribution < 1.29 is 9.53 Å². The molecule has 0 aliphatic carbocycles. The van der Waals surface area contributed by atoms with Crippen molar-refractivity contribution in [3.63, 3.8) is 0 Å². The summed E-state index contributed by atoms with van der Waals surface area (Å²) in [5, 5.41) is 6.72. The molecule has 0 radical (unpaired) electrons. The number of hydrogen-bond acceptors (Lipinski definition) is 4. The molecule has 0 bridgehead atoms. The molecule has 0 saturated carbocycles. The van der Waals surface area contributed by atoms with E-state index in [1.807, 2.05) is 35.2 Å². The van der Waals surface area contributed by atoms with Crippen LogP contribution in [0.15, 0.2) is 42.7 Å². The summed E-state index contributed by atoms with van der Waals surface area (Å²) in [5.74, 6) is 0.786. The molecule has 2 N–H and O–H groups in total. The molecule has 1 amide bonds. The molecule has 3 aromatic rings. The van der Waals surface area contributed by atoms with Crippen LogP contribution in [0.25, 0.3) is 11.4 Å². The van der Waals surface area contributed by atoms with Crippen molar-refractivity contribution in [3.05, 3.63) is 59.7 Å². The van der Waals surface area contributed by atoms with Crippen LogP contribution in [-0.4, -0.2) is 44.1 Å². The van der Waals surface area contributed by atoms with Gasteiger partial charge in [-0.3, -0.25) is 9.89 Å². The molecule has 0 spiro atoms. The number of amides is 1. The van der Waals surface area contributed by atoms with E-state index < -0.39 is 0 Å². The topological polar surface area (TPSA) is 86.9 Å². The molecule has 1 aliphatic rings. The zero-order chi connectivity index (χ0) is 17.1. The fraction of sp³-hybridized carbons (Fsp3) is 0.278. The average Bonchev–Trinajstić information content (AvgIpc) is 3.31. The average molecular weight is 337 g/mol. The van der Waals surface area contributed by atoms with Gasteiger partial charge in [0.2, 0.25) is 5.91 Å². The lowest BCUT2D eigenvalue weighted by Crippen LogP contribution is -2.38. The number of rotatable bonds is 5. The molecule has 0 unspecified atom stereocenters. The molecular weight excluding hydrogens is 318 g/mol. The molecule has 7 nitrogen and oxygen atoms in total. The molecule has 128 valence electrons. The first-order chi connectivity index (χ1) is 12.3. The number of fused-ring (bicyclic) bond motifs is 1. The molecule has 25 heavy (non-hydrogen) atoms. The summed E-state index contributed by atoms with van der Waals surface area (Å²) in [5.41, 5.74) is 3.98. The lowest BCUT2D eigenvalue weighted by atomic mass is 10.1. The third-order valence-corrected chi connectivity index (χ3v) is 4.29. The van der Waals surface area contributed by atoms with Crippen molar-refractivity contribution in [2.24, 2.45) is 0 Å². The standard InChI is InChI=1S/C18H19N5O2/c24-17(12-25-11-13-4-2-1-3-5-13)23-7-6-15-16(10-23)22-18(21-15)14-8-19-20-9-14/h1-5,8-9H,6-7,10-12H2,(H,19,20)(H,21,22). The summed E-state index contributed by atoms with van der Waals surface area (Å²) in [6.07, 6.45) is 4.27. The molecule has 1 aromatic carbocycles. The second-order valence-corrected chi connectivity index (χ2v) is 6.04. The first-order valence-electron chi connectivity index (χ1n) is 8.26. The zero-order valence-electron chi connectivity index (χ0n) is 13.7. The minimum Gasteiger partial charge on any atom is -0.367 e. The predicted octanol–water partition coefficient (Wildman–Crippen LogP) is 1.90. The molecule has 7 heteroatoms. The Hall–Kier alpha value is -2.93. The SMILES string of the molecule is O=C(COCc1ccccc1)N1CCc2nc(-c3cn[nH]c3)[nH]c2C1. The number of benzene rings is 1. The third kappa shape index (κ3) is 3.46. The summed E-state index contributed by atoms with van der Waals surface area (Å²) in [6.45, 7) is 1.73. The molecule has 0 fully saturated rings. The van der Waals surface area contributed by atoms with Gasteiger partial charge in [-0.15, -0.1) is 0 Å². The second-order valence-electron chi connectivity index (χ2n) is 6.04. The van der Waals surface area contributed by atoms with Gasteiger partial charge in [-0.25, -0.2) is 4.98 Å². The van der Waals surface area contributed by atoms with E-state index in [-0.39, 0.29) is 12.5 Å². The van der Waals surface area contributed by atoms with Crippen LogP contribution in [0.2, 0.25) is 0 Å². The Bertz CT molecular complexity index is 842. The summed E-state index contributed by atoms with van der Waals surface area (Å²) < 4.78 is 5.56. The van der Waals surface area contributed by atoms with Gasteiger partial charge in [-0.05, 0) is 5.56 Å². The fourth-order valence-corrected chi connectivity index (χ4v) is 2.95. The van der Waals surface area contributed by atoms with E-state index >= 15 is 0 Å². The van der Waals surface area contributed by atoms with E-state index in [1.54, 1.807) is 12.4 Å². The number of H-pyrrole nitrogens is 2. The Kier molecular flexibility index (Phi) is 4.30. The molecule has 3 heterocycles.